The summed E-state index contributed by atoms with van der Waals surface area (Å²) in [6.45, 7) is 0.0713. The van der Waals surface area contributed by atoms with Crippen molar-refractivity contribution in [1.29, 1.82) is 5.26 Å². The molecule has 6 heteroatoms. The fourth-order valence-corrected chi connectivity index (χ4v) is 2.56. The van der Waals surface area contributed by atoms with Crippen LogP contribution in [0.4, 0.5) is 4.39 Å². The fourth-order valence-electron chi connectivity index (χ4n) is 1.30. The molecule has 0 aliphatic carbocycles. The van der Waals surface area contributed by atoms with Crippen LogP contribution in [-0.2, 0) is 20.3 Å². The van der Waals surface area contributed by atoms with E-state index < -0.39 is 21.4 Å². The summed E-state index contributed by atoms with van der Waals surface area (Å²) in [4.78, 5) is 0. The van der Waals surface area contributed by atoms with Crippen LogP contribution < -0.4 is 0 Å². The van der Waals surface area contributed by atoms with Crippen molar-refractivity contribution >= 4 is 9.84 Å². The van der Waals surface area contributed by atoms with Crippen LogP contribution in [0.1, 0.15) is 11.1 Å². The van der Waals surface area contributed by atoms with Crippen molar-refractivity contribution in [3.63, 3.8) is 0 Å². The van der Waals surface area contributed by atoms with Gasteiger partial charge >= 0.3 is 0 Å². The summed E-state index contributed by atoms with van der Waals surface area (Å²) >= 11 is 0. The highest BCUT2D eigenvalue weighted by Gasteiger charge is 2.16. The standard InChI is InChI=1S/C11H12FNO3S/c1-16-5-6-17(14,15)8-10-4-2-3-9(7-13)11(10)12/h2-4H,5-6,8H2,1H3. The smallest absolute Gasteiger partial charge is 0.156 e. The topological polar surface area (TPSA) is 67.2 Å². The highest BCUT2D eigenvalue weighted by molar-refractivity contribution is 7.90. The lowest BCUT2D eigenvalue weighted by molar-refractivity contribution is 0.217. The van der Waals surface area contributed by atoms with Gasteiger partial charge in [0.15, 0.2) is 9.84 Å². The lowest BCUT2D eigenvalue weighted by Gasteiger charge is -2.05. The largest absolute Gasteiger partial charge is 0.384 e. The van der Waals surface area contributed by atoms with E-state index in [2.05, 4.69) is 4.74 Å². The Hall–Kier alpha value is -1.45. The molecule has 0 fully saturated rings. The van der Waals surface area contributed by atoms with Gasteiger partial charge in [-0.3, -0.25) is 0 Å². The van der Waals surface area contributed by atoms with E-state index in [1.165, 1.54) is 25.3 Å². The summed E-state index contributed by atoms with van der Waals surface area (Å²) in [5.74, 6) is -1.35. The van der Waals surface area contributed by atoms with E-state index in [0.29, 0.717) is 0 Å². The van der Waals surface area contributed by atoms with Crippen LogP contribution in [0.3, 0.4) is 0 Å². The Labute approximate surface area is 99.6 Å². The normalized spacial score (nSPS) is 11.1. The number of sulfone groups is 1. The summed E-state index contributed by atoms with van der Waals surface area (Å²) in [5, 5.41) is 8.62. The van der Waals surface area contributed by atoms with Crippen LogP contribution in [0.15, 0.2) is 18.2 Å². The third-order valence-corrected chi connectivity index (χ3v) is 3.71. The summed E-state index contributed by atoms with van der Waals surface area (Å²) < 4.78 is 41.4. The second-order valence-corrected chi connectivity index (χ2v) is 5.66. The van der Waals surface area contributed by atoms with Crippen molar-refractivity contribution in [3.8, 4) is 6.07 Å². The van der Waals surface area contributed by atoms with E-state index in [1.54, 1.807) is 6.07 Å². The van der Waals surface area contributed by atoms with Crippen molar-refractivity contribution in [2.24, 2.45) is 0 Å². The Balaban J connectivity index is 2.93. The minimum atomic E-state index is -3.42. The molecular formula is C11H12FNO3S. The average molecular weight is 257 g/mol. The number of halogens is 1. The number of hydrogen-bond acceptors (Lipinski definition) is 4. The second-order valence-electron chi connectivity index (χ2n) is 3.48. The maximum Gasteiger partial charge on any atom is 0.156 e. The van der Waals surface area contributed by atoms with Gasteiger partial charge in [-0.25, -0.2) is 12.8 Å². The van der Waals surface area contributed by atoms with E-state index in [9.17, 15) is 12.8 Å². The van der Waals surface area contributed by atoms with Gasteiger partial charge in [-0.2, -0.15) is 5.26 Å². The molecule has 92 valence electrons. The van der Waals surface area contributed by atoms with Gasteiger partial charge < -0.3 is 4.74 Å². The molecule has 0 aliphatic heterocycles. The Bertz CT molecular complexity index is 534. The molecule has 0 aromatic heterocycles. The molecule has 1 aromatic rings. The average Bonchev–Trinajstić information content (AvgIpc) is 2.29. The number of ether oxygens (including phenoxy) is 1. The summed E-state index contributed by atoms with van der Waals surface area (Å²) in [5.41, 5.74) is -0.135. The third-order valence-electron chi connectivity index (χ3n) is 2.17. The highest BCUT2D eigenvalue weighted by atomic mass is 32.2. The van der Waals surface area contributed by atoms with Crippen molar-refractivity contribution in [2.75, 3.05) is 19.5 Å². The Morgan fingerprint density at radius 1 is 1.47 bits per heavy atom. The van der Waals surface area contributed by atoms with Gasteiger partial charge in [-0.1, -0.05) is 12.1 Å². The van der Waals surface area contributed by atoms with Crippen molar-refractivity contribution in [1.82, 2.24) is 0 Å². The zero-order chi connectivity index (χ0) is 12.9. The first-order valence-electron chi connectivity index (χ1n) is 4.87. The van der Waals surface area contributed by atoms with Crippen molar-refractivity contribution in [2.45, 2.75) is 5.75 Å². The number of methoxy groups -OCH3 is 1. The predicted molar refractivity (Wildman–Crippen MR) is 60.5 cm³/mol. The molecule has 0 spiro atoms. The van der Waals surface area contributed by atoms with E-state index in [1.807, 2.05) is 0 Å². The minimum absolute atomic E-state index is 0.0140. The number of nitrogens with zero attached hydrogens (tertiary/aromatic N) is 1. The second kappa shape index (κ2) is 5.75. The van der Waals surface area contributed by atoms with Crippen molar-refractivity contribution < 1.29 is 17.5 Å². The Morgan fingerprint density at radius 2 is 2.18 bits per heavy atom. The Kier molecular flexibility index (Phi) is 4.61. The van der Waals surface area contributed by atoms with Gasteiger partial charge in [0.1, 0.15) is 11.9 Å². The molecule has 0 bridgehead atoms. The number of hydrogen-bond donors (Lipinski definition) is 0. The molecule has 0 aliphatic rings. The monoisotopic (exact) mass is 257 g/mol. The SMILES string of the molecule is COCCS(=O)(=O)Cc1cccc(C#N)c1F. The van der Waals surface area contributed by atoms with E-state index in [-0.39, 0.29) is 23.5 Å². The van der Waals surface area contributed by atoms with Crippen LogP contribution in [0.5, 0.6) is 0 Å². The predicted octanol–water partition coefficient (Wildman–Crippen LogP) is 1.26. The minimum Gasteiger partial charge on any atom is -0.384 e. The number of benzene rings is 1. The van der Waals surface area contributed by atoms with Crippen LogP contribution >= 0.6 is 0 Å². The quantitative estimate of drug-likeness (QED) is 0.796. The molecule has 0 atom stereocenters. The maximum absolute atomic E-state index is 13.6. The first kappa shape index (κ1) is 13.6. The van der Waals surface area contributed by atoms with Gasteiger partial charge in [0.05, 0.1) is 23.7 Å². The van der Waals surface area contributed by atoms with E-state index >= 15 is 0 Å². The molecule has 17 heavy (non-hydrogen) atoms. The fraction of sp³-hybridized carbons (Fsp3) is 0.364. The van der Waals surface area contributed by atoms with Gasteiger partial charge in [0.2, 0.25) is 0 Å². The van der Waals surface area contributed by atoms with Crippen molar-refractivity contribution in [3.05, 3.63) is 35.1 Å². The molecule has 0 N–H and O–H groups in total. The molecule has 0 saturated heterocycles. The van der Waals surface area contributed by atoms with E-state index in [0.717, 1.165) is 0 Å². The zero-order valence-corrected chi connectivity index (χ0v) is 10.1. The molecule has 4 nitrogen and oxygen atoms in total. The van der Waals surface area contributed by atoms with Gasteiger partial charge in [0, 0.05) is 12.7 Å². The van der Waals surface area contributed by atoms with E-state index in [4.69, 9.17) is 5.26 Å². The first-order valence-corrected chi connectivity index (χ1v) is 6.69. The molecule has 0 heterocycles. The van der Waals surface area contributed by atoms with Crippen LogP contribution in [0, 0.1) is 17.1 Å². The van der Waals surface area contributed by atoms with Crippen LogP contribution in [0.2, 0.25) is 0 Å². The van der Waals surface area contributed by atoms with Crippen LogP contribution in [-0.4, -0.2) is 27.9 Å². The van der Waals surface area contributed by atoms with Gasteiger partial charge in [-0.05, 0) is 6.07 Å². The van der Waals surface area contributed by atoms with Gasteiger partial charge in [0.25, 0.3) is 0 Å². The zero-order valence-electron chi connectivity index (χ0n) is 9.31. The summed E-state index contributed by atoms with van der Waals surface area (Å²) in [6, 6.07) is 5.80. The molecule has 0 amide bonds. The maximum atomic E-state index is 13.6. The molecule has 1 aromatic carbocycles. The summed E-state index contributed by atoms with van der Waals surface area (Å²) in [6.07, 6.45) is 0. The summed E-state index contributed by atoms with van der Waals surface area (Å²) in [7, 11) is -2.02. The number of rotatable bonds is 5. The molecule has 1 rings (SSSR count). The van der Waals surface area contributed by atoms with Crippen LogP contribution in [0.25, 0.3) is 0 Å². The molecular weight excluding hydrogens is 245 g/mol. The highest BCUT2D eigenvalue weighted by Crippen LogP contribution is 2.15. The molecule has 0 saturated carbocycles. The lowest BCUT2D eigenvalue weighted by Crippen LogP contribution is -2.14. The lowest BCUT2D eigenvalue weighted by atomic mass is 10.1. The Morgan fingerprint density at radius 3 is 2.76 bits per heavy atom. The third kappa shape index (κ3) is 3.80. The first-order chi connectivity index (χ1) is 8.00. The van der Waals surface area contributed by atoms with Gasteiger partial charge in [-0.15, -0.1) is 0 Å². The molecule has 0 radical (unpaired) electrons. The number of nitriles is 1. The molecule has 0 unspecified atom stereocenters.